The molecule has 12 rings (SSSR count). The molecule has 2 aromatic heterocycles. The third-order valence-electron chi connectivity index (χ3n) is 11.7. The fourth-order valence-electron chi connectivity index (χ4n) is 9.54. The van der Waals surface area contributed by atoms with Crippen molar-refractivity contribution in [3.05, 3.63) is 210 Å². The summed E-state index contributed by atoms with van der Waals surface area (Å²) in [4.78, 5) is 3.69. The lowest BCUT2D eigenvalue weighted by Gasteiger charge is -2.30. The first-order chi connectivity index (χ1) is 26.8. The van der Waals surface area contributed by atoms with E-state index in [1.165, 1.54) is 65.0 Å². The zero-order valence-electron chi connectivity index (χ0n) is 29.2. The van der Waals surface area contributed by atoms with E-state index in [4.69, 9.17) is 4.42 Å². The van der Waals surface area contributed by atoms with Crippen molar-refractivity contribution in [3.8, 4) is 32.7 Å². The lowest BCUT2D eigenvalue weighted by atomic mass is 9.70. The fraction of sp³-hybridized carbons (Fsp3) is 0.0196. The Morgan fingerprint density at radius 2 is 1.02 bits per heavy atom. The van der Waals surface area contributed by atoms with Gasteiger partial charge in [0.2, 0.25) is 0 Å². The second-order valence-electron chi connectivity index (χ2n) is 14.4. The SMILES string of the molecule is c1ccc(N(c2ccc(-c3cccc4c3-c3sc5ccccc5c3C43c4ccccc4-c4ccccc43)cc2)c2ccc3c(c2)oc2ccccc23)cc1. The molecular formula is C51H31NOS. The monoisotopic (exact) mass is 705 g/mol. The number of fused-ring (bicyclic) bond motifs is 15. The van der Waals surface area contributed by atoms with Crippen molar-refractivity contribution in [2.75, 3.05) is 4.90 Å². The zero-order chi connectivity index (χ0) is 35.4. The maximum atomic E-state index is 6.34. The molecule has 0 atom stereocenters. The Kier molecular flexibility index (Phi) is 6.17. The molecule has 0 saturated carbocycles. The van der Waals surface area contributed by atoms with Crippen LogP contribution in [-0.2, 0) is 5.41 Å². The summed E-state index contributed by atoms with van der Waals surface area (Å²) in [5, 5.41) is 3.61. The first kappa shape index (κ1) is 29.9. The second-order valence-corrected chi connectivity index (χ2v) is 15.4. The topological polar surface area (TPSA) is 16.4 Å². The third-order valence-corrected chi connectivity index (χ3v) is 12.9. The highest BCUT2D eigenvalue weighted by Gasteiger charge is 2.53. The molecular weight excluding hydrogens is 675 g/mol. The molecule has 0 N–H and O–H groups in total. The van der Waals surface area contributed by atoms with E-state index in [-0.39, 0.29) is 5.41 Å². The number of nitrogens with zero attached hydrogens (tertiary/aromatic N) is 1. The first-order valence-corrected chi connectivity index (χ1v) is 19.3. The molecule has 2 nitrogen and oxygen atoms in total. The summed E-state index contributed by atoms with van der Waals surface area (Å²) in [6, 6.07) is 68.7. The van der Waals surface area contributed by atoms with Crippen LogP contribution in [0.25, 0.3) is 64.7 Å². The highest BCUT2D eigenvalue weighted by molar-refractivity contribution is 7.22. The van der Waals surface area contributed by atoms with Crippen LogP contribution in [0.1, 0.15) is 22.3 Å². The number of anilines is 3. The third kappa shape index (κ3) is 3.94. The van der Waals surface area contributed by atoms with Crippen LogP contribution in [-0.4, -0.2) is 0 Å². The van der Waals surface area contributed by atoms with E-state index in [2.05, 4.69) is 181 Å². The Bertz CT molecular complexity index is 3070. The van der Waals surface area contributed by atoms with Crippen LogP contribution in [0.15, 0.2) is 192 Å². The number of furan rings is 1. The van der Waals surface area contributed by atoms with Gasteiger partial charge in [0.05, 0.1) is 5.41 Å². The van der Waals surface area contributed by atoms with E-state index in [1.807, 2.05) is 23.5 Å². The van der Waals surface area contributed by atoms with Gasteiger partial charge >= 0.3 is 0 Å². The molecule has 10 aromatic rings. The van der Waals surface area contributed by atoms with Crippen LogP contribution in [0.3, 0.4) is 0 Å². The normalized spacial score (nSPS) is 13.3. The summed E-state index contributed by atoms with van der Waals surface area (Å²) in [6.45, 7) is 0. The fourth-order valence-corrected chi connectivity index (χ4v) is 10.9. The summed E-state index contributed by atoms with van der Waals surface area (Å²) >= 11 is 1.94. The lowest BCUT2D eigenvalue weighted by Crippen LogP contribution is -2.25. The lowest BCUT2D eigenvalue weighted by molar-refractivity contribution is 0.669. The average Bonchev–Trinajstić information content (AvgIpc) is 3.96. The Balaban J connectivity index is 1.05. The molecule has 2 heterocycles. The Labute approximate surface area is 316 Å². The number of rotatable bonds is 4. The van der Waals surface area contributed by atoms with Gasteiger partial charge in [-0.05, 0) is 98.4 Å². The van der Waals surface area contributed by atoms with Gasteiger partial charge in [0, 0.05) is 49.0 Å². The molecule has 8 aromatic carbocycles. The predicted octanol–water partition coefficient (Wildman–Crippen LogP) is 14.3. The van der Waals surface area contributed by atoms with E-state index in [9.17, 15) is 0 Å². The van der Waals surface area contributed by atoms with E-state index in [0.29, 0.717) is 0 Å². The predicted molar refractivity (Wildman–Crippen MR) is 226 cm³/mol. The minimum Gasteiger partial charge on any atom is -0.456 e. The maximum Gasteiger partial charge on any atom is 0.137 e. The summed E-state index contributed by atoms with van der Waals surface area (Å²) in [5.74, 6) is 0. The smallest absolute Gasteiger partial charge is 0.137 e. The van der Waals surface area contributed by atoms with Crippen molar-refractivity contribution in [1.29, 1.82) is 0 Å². The van der Waals surface area contributed by atoms with Gasteiger partial charge in [0.15, 0.2) is 0 Å². The van der Waals surface area contributed by atoms with Crippen LogP contribution in [0.4, 0.5) is 17.1 Å². The zero-order valence-corrected chi connectivity index (χ0v) is 30.0. The van der Waals surface area contributed by atoms with Crippen LogP contribution in [0.5, 0.6) is 0 Å². The van der Waals surface area contributed by atoms with Gasteiger partial charge in [-0.2, -0.15) is 0 Å². The largest absolute Gasteiger partial charge is 0.456 e. The molecule has 252 valence electrons. The van der Waals surface area contributed by atoms with Crippen molar-refractivity contribution in [2.24, 2.45) is 0 Å². The van der Waals surface area contributed by atoms with Gasteiger partial charge in [-0.1, -0.05) is 133 Å². The maximum absolute atomic E-state index is 6.34. The average molecular weight is 706 g/mol. The van der Waals surface area contributed by atoms with Crippen molar-refractivity contribution in [2.45, 2.75) is 5.41 Å². The van der Waals surface area contributed by atoms with E-state index in [1.54, 1.807) is 0 Å². The van der Waals surface area contributed by atoms with Crippen LogP contribution < -0.4 is 4.90 Å². The van der Waals surface area contributed by atoms with Crippen LogP contribution in [0, 0.1) is 0 Å². The van der Waals surface area contributed by atoms with Crippen molar-refractivity contribution < 1.29 is 4.42 Å². The summed E-state index contributed by atoms with van der Waals surface area (Å²) in [5.41, 5.74) is 16.7. The molecule has 3 heteroatoms. The minimum absolute atomic E-state index is 0.382. The van der Waals surface area contributed by atoms with Gasteiger partial charge in [0.1, 0.15) is 11.2 Å². The Morgan fingerprint density at radius 3 is 1.81 bits per heavy atom. The molecule has 0 radical (unpaired) electrons. The highest BCUT2D eigenvalue weighted by Crippen LogP contribution is 2.67. The van der Waals surface area contributed by atoms with Gasteiger partial charge < -0.3 is 9.32 Å². The van der Waals surface area contributed by atoms with Crippen LogP contribution in [0.2, 0.25) is 0 Å². The molecule has 54 heavy (non-hydrogen) atoms. The summed E-state index contributed by atoms with van der Waals surface area (Å²) in [6.07, 6.45) is 0. The summed E-state index contributed by atoms with van der Waals surface area (Å²) < 4.78 is 7.68. The van der Waals surface area contributed by atoms with Crippen molar-refractivity contribution in [1.82, 2.24) is 0 Å². The van der Waals surface area contributed by atoms with Gasteiger partial charge in [0.25, 0.3) is 0 Å². The number of benzene rings is 8. The molecule has 0 aliphatic heterocycles. The second kappa shape index (κ2) is 11.2. The summed E-state index contributed by atoms with van der Waals surface area (Å²) in [7, 11) is 0. The van der Waals surface area contributed by atoms with Gasteiger partial charge in [-0.15, -0.1) is 11.3 Å². The molecule has 0 fully saturated rings. The Hall–Kier alpha value is -6.68. The van der Waals surface area contributed by atoms with Gasteiger partial charge in [-0.3, -0.25) is 0 Å². The van der Waals surface area contributed by atoms with E-state index in [0.717, 1.165) is 39.0 Å². The first-order valence-electron chi connectivity index (χ1n) is 18.5. The van der Waals surface area contributed by atoms with Crippen LogP contribution >= 0.6 is 11.3 Å². The Morgan fingerprint density at radius 1 is 0.426 bits per heavy atom. The molecule has 2 aliphatic rings. The van der Waals surface area contributed by atoms with Crippen molar-refractivity contribution >= 4 is 60.4 Å². The molecule has 0 amide bonds. The molecule has 0 bridgehead atoms. The highest BCUT2D eigenvalue weighted by atomic mass is 32.1. The number of hydrogen-bond acceptors (Lipinski definition) is 3. The number of hydrogen-bond donors (Lipinski definition) is 0. The number of para-hydroxylation sites is 2. The molecule has 1 spiro atoms. The number of thiophene rings is 1. The van der Waals surface area contributed by atoms with E-state index >= 15 is 0 Å². The standard InChI is InChI=1S/C51H31NOS/c1-2-13-33(14-3-1)52(35-29-30-40-39-17-6-10-23-45(39)53-46(40)31-35)34-27-25-32(26-28-34)36-19-12-22-44-48(36)50-49(41-18-7-11-24-47(41)54-50)51(44)42-20-8-4-15-37(42)38-16-5-9-21-43(38)51/h1-31H. The van der Waals surface area contributed by atoms with Gasteiger partial charge in [-0.25, -0.2) is 0 Å². The van der Waals surface area contributed by atoms with Crippen molar-refractivity contribution in [3.63, 3.8) is 0 Å². The molecule has 2 aliphatic carbocycles. The minimum atomic E-state index is -0.382. The van der Waals surface area contributed by atoms with E-state index < -0.39 is 0 Å². The quantitative estimate of drug-likeness (QED) is 0.181. The molecule has 0 unspecified atom stereocenters. The molecule has 0 saturated heterocycles.